The van der Waals surface area contributed by atoms with Gasteiger partial charge < -0.3 is 19.7 Å². The lowest BCUT2D eigenvalue weighted by Gasteiger charge is -2.28. The monoisotopic (exact) mass is 414 g/mol. The van der Waals surface area contributed by atoms with E-state index in [9.17, 15) is 24.3 Å². The molecule has 8 heteroatoms. The minimum Gasteiger partial charge on any atom is -0.481 e. The van der Waals surface area contributed by atoms with Gasteiger partial charge in [-0.05, 0) is 37.1 Å². The fourth-order valence-electron chi connectivity index (χ4n) is 2.72. The van der Waals surface area contributed by atoms with Gasteiger partial charge in [-0.2, -0.15) is 0 Å². The van der Waals surface area contributed by atoms with E-state index >= 15 is 0 Å². The van der Waals surface area contributed by atoms with Crippen molar-refractivity contribution < 1.29 is 38.9 Å². The molecule has 0 saturated heterocycles. The number of carbonyl (C=O) groups is 4. The number of carbonyl (C=O) groups excluding carboxylic acids is 2. The lowest BCUT2D eigenvalue weighted by Crippen LogP contribution is -2.42. The summed E-state index contributed by atoms with van der Waals surface area (Å²) in [6.07, 6.45) is -0.416. The van der Waals surface area contributed by atoms with E-state index in [-0.39, 0.29) is 30.4 Å². The Bertz CT molecular complexity index is 821. The van der Waals surface area contributed by atoms with Gasteiger partial charge in [0.15, 0.2) is 0 Å². The van der Waals surface area contributed by atoms with Crippen LogP contribution in [-0.4, -0.2) is 47.3 Å². The molecule has 2 N–H and O–H groups in total. The molecule has 2 aromatic rings. The van der Waals surface area contributed by atoms with E-state index < -0.39 is 42.5 Å². The second kappa shape index (κ2) is 10.8. The van der Waals surface area contributed by atoms with Gasteiger partial charge in [0.25, 0.3) is 0 Å². The molecule has 0 aliphatic heterocycles. The van der Waals surface area contributed by atoms with Crippen LogP contribution in [0.2, 0.25) is 0 Å². The molecule has 158 valence electrons. The number of hydrogen-bond acceptors (Lipinski definition) is 6. The summed E-state index contributed by atoms with van der Waals surface area (Å²) in [5, 5.41) is 18.7. The van der Waals surface area contributed by atoms with E-state index in [4.69, 9.17) is 14.6 Å². The van der Waals surface area contributed by atoms with Gasteiger partial charge in [0.1, 0.15) is 18.6 Å². The number of hydrogen-bond donors (Lipinski definition) is 2. The van der Waals surface area contributed by atoms with Crippen LogP contribution in [0.25, 0.3) is 0 Å². The topological polar surface area (TPSA) is 127 Å². The van der Waals surface area contributed by atoms with Crippen LogP contribution in [0.1, 0.15) is 40.0 Å². The Hall–Kier alpha value is -3.68. The zero-order chi connectivity index (χ0) is 22.0. The number of carboxylic acid groups (broad SMARTS) is 2. The van der Waals surface area contributed by atoms with E-state index in [1.54, 1.807) is 36.4 Å². The van der Waals surface area contributed by atoms with E-state index in [1.807, 2.05) is 0 Å². The first-order chi connectivity index (χ1) is 14.3. The van der Waals surface area contributed by atoms with Crippen molar-refractivity contribution in [3.05, 3.63) is 71.8 Å². The van der Waals surface area contributed by atoms with Crippen molar-refractivity contribution in [2.75, 3.05) is 13.2 Å². The minimum absolute atomic E-state index is 0.00735. The first kappa shape index (κ1) is 22.6. The standard InChI is InChI=1S/C22H22O8/c23-18(24)12-7-13-22(21(27)28,14-29-19(25)16-8-3-1-4-9-16)15-30-20(26)17-10-5-2-6-11-17/h1-6,8-11H,7,12-15H2,(H,23,24)(H,27,28). The highest BCUT2D eigenvalue weighted by Crippen LogP contribution is 2.28. The van der Waals surface area contributed by atoms with Crippen molar-refractivity contribution in [2.45, 2.75) is 19.3 Å². The Morgan fingerprint density at radius 3 is 1.53 bits per heavy atom. The number of benzene rings is 2. The van der Waals surface area contributed by atoms with Crippen LogP contribution in [0.4, 0.5) is 0 Å². The van der Waals surface area contributed by atoms with Gasteiger partial charge in [-0.1, -0.05) is 36.4 Å². The molecule has 0 amide bonds. The van der Waals surface area contributed by atoms with Gasteiger partial charge in [-0.3, -0.25) is 9.59 Å². The molecule has 2 aromatic carbocycles. The third-order valence-electron chi connectivity index (χ3n) is 4.48. The average molecular weight is 414 g/mol. The van der Waals surface area contributed by atoms with E-state index in [0.29, 0.717) is 0 Å². The number of rotatable bonds is 11. The van der Waals surface area contributed by atoms with Gasteiger partial charge in [0, 0.05) is 6.42 Å². The summed E-state index contributed by atoms with van der Waals surface area (Å²) in [6, 6.07) is 16.0. The Labute approximate surface area is 173 Å². The molecule has 0 aromatic heterocycles. The van der Waals surface area contributed by atoms with Crippen molar-refractivity contribution >= 4 is 23.9 Å². The van der Waals surface area contributed by atoms with Gasteiger partial charge in [-0.15, -0.1) is 0 Å². The molecule has 0 heterocycles. The van der Waals surface area contributed by atoms with E-state index in [1.165, 1.54) is 24.3 Å². The maximum absolute atomic E-state index is 12.2. The molecule has 0 fully saturated rings. The Kier molecular flexibility index (Phi) is 8.10. The van der Waals surface area contributed by atoms with Crippen LogP contribution in [0.3, 0.4) is 0 Å². The summed E-state index contributed by atoms with van der Waals surface area (Å²) in [7, 11) is 0. The molecule has 0 aliphatic carbocycles. The summed E-state index contributed by atoms with van der Waals surface area (Å²) in [6.45, 7) is -1.14. The van der Waals surface area contributed by atoms with Gasteiger partial charge >= 0.3 is 23.9 Å². The lowest BCUT2D eigenvalue weighted by atomic mass is 9.84. The summed E-state index contributed by atoms with van der Waals surface area (Å²) < 4.78 is 10.4. The summed E-state index contributed by atoms with van der Waals surface area (Å²) in [5.74, 6) is -3.89. The predicted molar refractivity (Wildman–Crippen MR) is 105 cm³/mol. The van der Waals surface area contributed by atoms with Crippen molar-refractivity contribution in [3.63, 3.8) is 0 Å². The number of esters is 2. The molecule has 0 atom stereocenters. The highest BCUT2D eigenvalue weighted by molar-refractivity contribution is 5.90. The highest BCUT2D eigenvalue weighted by Gasteiger charge is 2.42. The smallest absolute Gasteiger partial charge is 0.338 e. The Morgan fingerprint density at radius 1 is 0.733 bits per heavy atom. The first-order valence-electron chi connectivity index (χ1n) is 9.23. The average Bonchev–Trinajstić information content (AvgIpc) is 2.75. The zero-order valence-corrected chi connectivity index (χ0v) is 16.2. The van der Waals surface area contributed by atoms with Gasteiger partial charge in [-0.25, -0.2) is 9.59 Å². The molecular weight excluding hydrogens is 392 g/mol. The van der Waals surface area contributed by atoms with Crippen molar-refractivity contribution in [2.24, 2.45) is 5.41 Å². The SMILES string of the molecule is O=C(O)CCCC(COC(=O)c1ccccc1)(COC(=O)c1ccccc1)C(=O)O. The van der Waals surface area contributed by atoms with Crippen LogP contribution in [0, 0.1) is 5.41 Å². The molecule has 2 rings (SSSR count). The maximum Gasteiger partial charge on any atom is 0.338 e. The predicted octanol–water partition coefficient (Wildman–Crippen LogP) is 3.03. The quantitative estimate of drug-likeness (QED) is 0.537. The molecule has 0 aliphatic rings. The number of ether oxygens (including phenoxy) is 2. The molecule has 8 nitrogen and oxygen atoms in total. The summed E-state index contributed by atoms with van der Waals surface area (Å²) in [4.78, 5) is 47.4. The second-order valence-corrected chi connectivity index (χ2v) is 6.72. The largest absolute Gasteiger partial charge is 0.481 e. The van der Waals surface area contributed by atoms with Crippen molar-refractivity contribution in [1.82, 2.24) is 0 Å². The maximum atomic E-state index is 12.2. The van der Waals surface area contributed by atoms with Crippen LogP contribution in [-0.2, 0) is 19.1 Å². The fraction of sp³-hybridized carbons (Fsp3) is 0.273. The fourth-order valence-corrected chi connectivity index (χ4v) is 2.72. The van der Waals surface area contributed by atoms with Crippen molar-refractivity contribution in [3.8, 4) is 0 Å². The normalized spacial score (nSPS) is 10.8. The van der Waals surface area contributed by atoms with E-state index in [2.05, 4.69) is 0 Å². The molecule has 0 saturated carbocycles. The molecule has 0 bridgehead atoms. The van der Waals surface area contributed by atoms with Gasteiger partial charge in [0.2, 0.25) is 0 Å². The minimum atomic E-state index is -1.77. The van der Waals surface area contributed by atoms with Crippen molar-refractivity contribution in [1.29, 1.82) is 0 Å². The van der Waals surface area contributed by atoms with Crippen LogP contribution in [0.5, 0.6) is 0 Å². The Morgan fingerprint density at radius 2 is 1.17 bits per heavy atom. The third kappa shape index (κ3) is 6.44. The zero-order valence-electron chi connectivity index (χ0n) is 16.2. The second-order valence-electron chi connectivity index (χ2n) is 6.72. The van der Waals surface area contributed by atoms with Gasteiger partial charge in [0.05, 0.1) is 11.1 Å². The van der Waals surface area contributed by atoms with Crippen LogP contribution < -0.4 is 0 Å². The first-order valence-corrected chi connectivity index (χ1v) is 9.23. The molecule has 0 spiro atoms. The lowest BCUT2D eigenvalue weighted by molar-refractivity contribution is -0.156. The number of aliphatic carboxylic acids is 2. The van der Waals surface area contributed by atoms with E-state index in [0.717, 1.165) is 0 Å². The molecule has 30 heavy (non-hydrogen) atoms. The third-order valence-corrected chi connectivity index (χ3v) is 4.48. The van der Waals surface area contributed by atoms with Crippen LogP contribution in [0.15, 0.2) is 60.7 Å². The number of carboxylic acids is 2. The molecule has 0 radical (unpaired) electrons. The molecular formula is C22H22O8. The molecule has 0 unspecified atom stereocenters. The summed E-state index contributed by atoms with van der Waals surface area (Å²) in [5.41, 5.74) is -1.29. The Balaban J connectivity index is 2.14. The highest BCUT2D eigenvalue weighted by atomic mass is 16.6. The van der Waals surface area contributed by atoms with Crippen LogP contribution >= 0.6 is 0 Å². The summed E-state index contributed by atoms with van der Waals surface area (Å²) >= 11 is 0.